The molecule has 0 aliphatic carbocycles. The molecule has 2 saturated heterocycles. The van der Waals surface area contributed by atoms with E-state index in [4.69, 9.17) is 18.9 Å². The normalized spacial score (nSPS) is 31.8. The van der Waals surface area contributed by atoms with Crippen LogP contribution in [-0.2, 0) is 33.4 Å². The van der Waals surface area contributed by atoms with Crippen LogP contribution in [0.2, 0.25) is 0 Å². The molecule has 1 spiro atoms. The number of benzene rings is 2. The number of nitrogens with one attached hydrogen (secondary N) is 1. The number of anilines is 1. The van der Waals surface area contributed by atoms with Crippen LogP contribution in [0.5, 0.6) is 5.75 Å². The molecule has 4 heterocycles. The van der Waals surface area contributed by atoms with Crippen LogP contribution >= 0.6 is 0 Å². The third-order valence-corrected chi connectivity index (χ3v) is 9.63. The smallest absolute Gasteiger partial charge is 0.313 e. The van der Waals surface area contributed by atoms with Crippen molar-refractivity contribution in [3.8, 4) is 5.75 Å². The van der Waals surface area contributed by atoms with Gasteiger partial charge >= 0.3 is 5.97 Å². The Balaban J connectivity index is 1.46. The molecule has 2 aromatic carbocycles. The summed E-state index contributed by atoms with van der Waals surface area (Å²) in [7, 11) is 3.05. The van der Waals surface area contributed by atoms with Gasteiger partial charge in [0.1, 0.15) is 29.4 Å². The number of fused-ring (bicyclic) bond motifs is 2. The number of amides is 3. The van der Waals surface area contributed by atoms with Crippen molar-refractivity contribution in [1.29, 1.82) is 0 Å². The first-order valence-electron chi connectivity index (χ1n) is 16.2. The first-order chi connectivity index (χ1) is 23.2. The number of hydrogen-bond acceptors (Lipinski definition) is 9. The van der Waals surface area contributed by atoms with Crippen LogP contribution < -0.4 is 15.0 Å². The first-order valence-corrected chi connectivity index (χ1v) is 16.2. The predicted octanol–water partition coefficient (Wildman–Crippen LogP) is 2.33. The molecule has 2 aromatic rings. The summed E-state index contributed by atoms with van der Waals surface area (Å²) in [5.74, 6) is -3.44. The van der Waals surface area contributed by atoms with Gasteiger partial charge in [-0.05, 0) is 43.2 Å². The number of ether oxygens (including phenoxy) is 4. The van der Waals surface area contributed by atoms with Gasteiger partial charge in [-0.25, -0.2) is 0 Å². The molecule has 8 atom stereocenters. The fourth-order valence-electron chi connectivity index (χ4n) is 7.36. The topological polar surface area (TPSA) is 144 Å². The fourth-order valence-corrected chi connectivity index (χ4v) is 7.36. The van der Waals surface area contributed by atoms with Gasteiger partial charge in [0.05, 0.1) is 44.4 Å². The SMILES string of the molecule is COC[C@H]1NC(=O)CC/C=C\CN(c2ccc(OC)cc2)C(=O)[C@@H]2N([C@H](C)CO)C(=O)[C@H]3[C@H](C(=O)O[C@@H]1c1ccccc1)[C@@H]1C=C[C@]23O1. The van der Waals surface area contributed by atoms with Crippen molar-refractivity contribution in [2.75, 3.05) is 38.9 Å². The lowest BCUT2D eigenvalue weighted by atomic mass is 9.74. The Morgan fingerprint density at radius 1 is 1.02 bits per heavy atom. The fraction of sp³-hybridized carbons (Fsp3) is 0.444. The van der Waals surface area contributed by atoms with E-state index >= 15 is 0 Å². The van der Waals surface area contributed by atoms with E-state index in [0.29, 0.717) is 23.4 Å². The van der Waals surface area contributed by atoms with Gasteiger partial charge in [0.2, 0.25) is 11.8 Å². The van der Waals surface area contributed by atoms with E-state index in [2.05, 4.69) is 5.32 Å². The maximum absolute atomic E-state index is 14.8. The lowest BCUT2D eigenvalue weighted by Crippen LogP contribution is -2.58. The number of aliphatic hydroxyl groups is 1. The molecule has 0 radical (unpaired) electrons. The molecule has 254 valence electrons. The molecule has 0 aromatic heterocycles. The minimum Gasteiger partial charge on any atom is -0.497 e. The highest BCUT2D eigenvalue weighted by Crippen LogP contribution is 2.56. The van der Waals surface area contributed by atoms with Gasteiger partial charge in [-0.1, -0.05) is 54.6 Å². The number of cyclic esters (lactones) is 1. The summed E-state index contributed by atoms with van der Waals surface area (Å²) in [6, 6.07) is 13.3. The van der Waals surface area contributed by atoms with Crippen LogP contribution in [0.15, 0.2) is 78.9 Å². The van der Waals surface area contributed by atoms with Crippen LogP contribution in [0.25, 0.3) is 0 Å². The molecule has 2 N–H and O–H groups in total. The molecule has 48 heavy (non-hydrogen) atoms. The van der Waals surface area contributed by atoms with Gasteiger partial charge < -0.3 is 39.2 Å². The van der Waals surface area contributed by atoms with Crippen molar-refractivity contribution in [3.05, 3.63) is 84.5 Å². The second-order valence-corrected chi connectivity index (χ2v) is 12.5. The predicted molar refractivity (Wildman–Crippen MR) is 174 cm³/mol. The van der Waals surface area contributed by atoms with Crippen molar-refractivity contribution >= 4 is 29.4 Å². The molecule has 0 saturated carbocycles. The summed E-state index contributed by atoms with van der Waals surface area (Å²) in [5, 5.41) is 13.3. The standard InChI is InChI=1S/C36H41N3O9/c1-22(20-40)39-32-34(43)38(24-13-15-25(46-3)16-14-24)19-9-5-8-12-28(41)37-26(21-45-2)31(23-10-6-4-7-11-23)47-35(44)29-27-17-18-36(32,48-27)30(29)33(39)42/h4-7,9-11,13-18,22,26-27,29-32,40H,8,12,19-21H2,1-3H3,(H,37,41)/b9-5-/t22-,26-,27+,29-,30-,31-,32+,36-/m1/s1. The van der Waals surface area contributed by atoms with Crippen molar-refractivity contribution in [3.63, 3.8) is 0 Å². The van der Waals surface area contributed by atoms with Gasteiger partial charge in [0, 0.05) is 25.8 Å². The van der Waals surface area contributed by atoms with Crippen molar-refractivity contribution in [2.24, 2.45) is 11.8 Å². The highest BCUT2D eigenvalue weighted by molar-refractivity contribution is 6.05. The number of methoxy groups -OCH3 is 2. The summed E-state index contributed by atoms with van der Waals surface area (Å²) >= 11 is 0. The van der Waals surface area contributed by atoms with Crippen molar-refractivity contribution in [1.82, 2.24) is 10.2 Å². The van der Waals surface area contributed by atoms with Crippen LogP contribution in [0.4, 0.5) is 5.69 Å². The quantitative estimate of drug-likeness (QED) is 0.338. The number of likely N-dealkylation sites (tertiary alicyclic amines) is 1. The highest BCUT2D eigenvalue weighted by atomic mass is 16.6. The van der Waals surface area contributed by atoms with Crippen LogP contribution in [-0.4, -0.2) is 97.5 Å². The lowest BCUT2D eigenvalue weighted by Gasteiger charge is -2.37. The molecule has 0 unspecified atom stereocenters. The molecule has 4 aliphatic rings. The zero-order valence-electron chi connectivity index (χ0n) is 27.2. The van der Waals surface area contributed by atoms with Gasteiger partial charge in [0.15, 0.2) is 0 Å². The third kappa shape index (κ3) is 5.88. The Bertz CT molecular complexity index is 1580. The number of esters is 1. The lowest BCUT2D eigenvalue weighted by molar-refractivity contribution is -0.162. The maximum Gasteiger partial charge on any atom is 0.313 e. The average molecular weight is 660 g/mol. The van der Waals surface area contributed by atoms with Crippen molar-refractivity contribution in [2.45, 2.75) is 55.7 Å². The third-order valence-electron chi connectivity index (χ3n) is 9.63. The summed E-state index contributed by atoms with van der Waals surface area (Å²) in [4.78, 5) is 59.6. The zero-order chi connectivity index (χ0) is 34.0. The molecule has 3 amide bonds. The van der Waals surface area contributed by atoms with E-state index in [1.54, 1.807) is 80.8 Å². The average Bonchev–Trinajstić information content (AvgIpc) is 3.75. The molecule has 4 aliphatic heterocycles. The number of rotatable bonds is 7. The summed E-state index contributed by atoms with van der Waals surface area (Å²) < 4.78 is 23.5. The molecule has 5 bridgehead atoms. The Morgan fingerprint density at radius 2 is 1.77 bits per heavy atom. The second-order valence-electron chi connectivity index (χ2n) is 12.5. The number of aliphatic hydroxyl groups excluding tert-OH is 1. The van der Waals surface area contributed by atoms with Gasteiger partial charge in [0.25, 0.3) is 5.91 Å². The monoisotopic (exact) mass is 659 g/mol. The molecular formula is C36H41N3O9. The second kappa shape index (κ2) is 13.9. The molecular weight excluding hydrogens is 618 g/mol. The van der Waals surface area contributed by atoms with E-state index in [-0.39, 0.29) is 25.5 Å². The molecule has 2 fully saturated rings. The number of carbonyl (C=O) groups is 4. The minimum absolute atomic E-state index is 0.0560. The van der Waals surface area contributed by atoms with Gasteiger partial charge in [-0.15, -0.1) is 0 Å². The molecule has 12 heteroatoms. The molecule has 12 nitrogen and oxygen atoms in total. The van der Waals surface area contributed by atoms with Crippen LogP contribution in [0.3, 0.4) is 0 Å². The number of hydrogen-bond donors (Lipinski definition) is 2. The Kier molecular flexibility index (Phi) is 9.68. The van der Waals surface area contributed by atoms with Gasteiger partial charge in [-0.2, -0.15) is 0 Å². The largest absolute Gasteiger partial charge is 0.497 e. The zero-order valence-corrected chi connectivity index (χ0v) is 27.2. The summed E-state index contributed by atoms with van der Waals surface area (Å²) in [6.07, 6.45) is 5.81. The summed E-state index contributed by atoms with van der Waals surface area (Å²) in [6.45, 7) is 1.44. The van der Waals surface area contributed by atoms with E-state index in [0.717, 1.165) is 0 Å². The van der Waals surface area contributed by atoms with E-state index < -0.39 is 72.2 Å². The number of nitrogens with zero attached hydrogens (tertiary/aromatic N) is 2. The highest BCUT2D eigenvalue weighted by Gasteiger charge is 2.74. The maximum atomic E-state index is 14.8. The van der Waals surface area contributed by atoms with E-state index in [1.807, 2.05) is 12.1 Å². The summed E-state index contributed by atoms with van der Waals surface area (Å²) in [5.41, 5.74) is -0.293. The van der Waals surface area contributed by atoms with Crippen molar-refractivity contribution < 1.29 is 43.2 Å². The number of carbonyl (C=O) groups excluding carboxylic acids is 4. The van der Waals surface area contributed by atoms with Crippen LogP contribution in [0, 0.1) is 11.8 Å². The number of allylic oxidation sites excluding steroid dienone is 1. The Hall–Kier alpha value is -4.52. The Morgan fingerprint density at radius 3 is 2.46 bits per heavy atom. The van der Waals surface area contributed by atoms with Crippen LogP contribution in [0.1, 0.15) is 31.4 Å². The molecule has 6 rings (SSSR count). The van der Waals surface area contributed by atoms with E-state index in [1.165, 1.54) is 16.9 Å². The Labute approximate surface area is 279 Å². The first kappa shape index (κ1) is 33.4. The minimum atomic E-state index is -1.48. The van der Waals surface area contributed by atoms with E-state index in [9.17, 15) is 24.3 Å². The van der Waals surface area contributed by atoms with Gasteiger partial charge in [-0.3, -0.25) is 19.2 Å².